The molecule has 0 bridgehead atoms. The van der Waals surface area contributed by atoms with Gasteiger partial charge in [-0.15, -0.1) is 6.58 Å². The Morgan fingerprint density at radius 1 is 1.08 bits per heavy atom. The molecule has 78 valence electrons. The highest BCUT2D eigenvalue weighted by Crippen LogP contribution is 2.12. The van der Waals surface area contributed by atoms with Gasteiger partial charge < -0.3 is 0 Å². The molecule has 0 radical (unpaired) electrons. The van der Waals surface area contributed by atoms with Gasteiger partial charge in [-0.3, -0.25) is 0 Å². The van der Waals surface area contributed by atoms with Crippen LogP contribution in [0.1, 0.15) is 58.3 Å². The van der Waals surface area contributed by atoms with Gasteiger partial charge in [-0.25, -0.2) is 0 Å². The summed E-state index contributed by atoms with van der Waals surface area (Å²) < 4.78 is 0. The first-order valence-corrected chi connectivity index (χ1v) is 6.44. The van der Waals surface area contributed by atoms with E-state index >= 15 is 0 Å². The Morgan fingerprint density at radius 2 is 1.62 bits per heavy atom. The van der Waals surface area contributed by atoms with Crippen molar-refractivity contribution in [3.8, 4) is 0 Å². The summed E-state index contributed by atoms with van der Waals surface area (Å²) in [4.78, 5) is 0.702. The van der Waals surface area contributed by atoms with Gasteiger partial charge in [0.1, 0.15) is 0 Å². The Labute approximate surface area is 91.9 Å². The standard InChI is InChI=1S/C12H23Br/c1-3-4-5-6-7-8-9-10-11-12(2)13/h3,12H,1,4-11H2,2H3. The number of hydrogen-bond donors (Lipinski definition) is 0. The molecular weight excluding hydrogens is 224 g/mol. The van der Waals surface area contributed by atoms with Crippen LogP contribution in [-0.4, -0.2) is 4.83 Å². The summed E-state index contributed by atoms with van der Waals surface area (Å²) in [5.41, 5.74) is 0. The molecule has 1 unspecified atom stereocenters. The highest BCUT2D eigenvalue weighted by molar-refractivity contribution is 9.09. The highest BCUT2D eigenvalue weighted by Gasteiger charge is 1.95. The maximum Gasteiger partial charge on any atom is 0.0117 e. The lowest BCUT2D eigenvalue weighted by atomic mass is 10.1. The third-order valence-corrected chi connectivity index (χ3v) is 2.72. The van der Waals surface area contributed by atoms with E-state index in [1.807, 2.05) is 6.08 Å². The molecule has 0 heterocycles. The van der Waals surface area contributed by atoms with Crippen molar-refractivity contribution >= 4 is 15.9 Å². The van der Waals surface area contributed by atoms with Crippen LogP contribution in [0.25, 0.3) is 0 Å². The minimum atomic E-state index is 0.702. The molecule has 1 atom stereocenters. The van der Waals surface area contributed by atoms with Crippen molar-refractivity contribution in [2.24, 2.45) is 0 Å². The van der Waals surface area contributed by atoms with E-state index in [0.717, 1.165) is 0 Å². The van der Waals surface area contributed by atoms with Crippen molar-refractivity contribution in [1.82, 2.24) is 0 Å². The topological polar surface area (TPSA) is 0 Å². The Kier molecular flexibility index (Phi) is 10.5. The molecule has 13 heavy (non-hydrogen) atoms. The van der Waals surface area contributed by atoms with Crippen LogP contribution in [0.3, 0.4) is 0 Å². The fourth-order valence-corrected chi connectivity index (χ4v) is 1.75. The molecule has 0 saturated heterocycles. The van der Waals surface area contributed by atoms with E-state index in [-0.39, 0.29) is 0 Å². The van der Waals surface area contributed by atoms with E-state index in [2.05, 4.69) is 29.4 Å². The maximum atomic E-state index is 3.72. The lowest BCUT2D eigenvalue weighted by molar-refractivity contribution is 0.582. The fourth-order valence-electron chi connectivity index (χ4n) is 1.42. The predicted octanol–water partition coefficient (Wildman–Crippen LogP) is 5.08. The fraction of sp³-hybridized carbons (Fsp3) is 0.833. The van der Waals surface area contributed by atoms with Crippen molar-refractivity contribution in [2.45, 2.75) is 63.1 Å². The second-order valence-electron chi connectivity index (χ2n) is 3.77. The second kappa shape index (κ2) is 10.3. The summed E-state index contributed by atoms with van der Waals surface area (Å²) in [6, 6.07) is 0. The van der Waals surface area contributed by atoms with Crippen LogP contribution in [-0.2, 0) is 0 Å². The van der Waals surface area contributed by atoms with Gasteiger partial charge in [-0.05, 0) is 19.3 Å². The van der Waals surface area contributed by atoms with Gasteiger partial charge >= 0.3 is 0 Å². The molecule has 0 aromatic carbocycles. The summed E-state index contributed by atoms with van der Waals surface area (Å²) in [7, 11) is 0. The van der Waals surface area contributed by atoms with Gasteiger partial charge in [-0.2, -0.15) is 0 Å². The minimum Gasteiger partial charge on any atom is -0.103 e. The van der Waals surface area contributed by atoms with Gasteiger partial charge in [0, 0.05) is 4.83 Å². The molecule has 1 heteroatoms. The van der Waals surface area contributed by atoms with E-state index in [9.17, 15) is 0 Å². The lowest BCUT2D eigenvalue weighted by Gasteiger charge is -2.02. The first kappa shape index (κ1) is 13.2. The molecule has 0 aliphatic heterocycles. The number of unbranched alkanes of at least 4 members (excludes halogenated alkanes) is 6. The Morgan fingerprint density at radius 3 is 2.15 bits per heavy atom. The van der Waals surface area contributed by atoms with Crippen LogP contribution in [0.4, 0.5) is 0 Å². The van der Waals surface area contributed by atoms with Crippen molar-refractivity contribution in [3.63, 3.8) is 0 Å². The van der Waals surface area contributed by atoms with Crippen LogP contribution in [0, 0.1) is 0 Å². The number of hydrogen-bond acceptors (Lipinski definition) is 0. The summed E-state index contributed by atoms with van der Waals surface area (Å²) in [5.74, 6) is 0. The van der Waals surface area contributed by atoms with E-state index in [1.165, 1.54) is 51.4 Å². The smallest absolute Gasteiger partial charge is 0.0117 e. The third-order valence-electron chi connectivity index (χ3n) is 2.26. The maximum absolute atomic E-state index is 3.72. The van der Waals surface area contributed by atoms with Crippen LogP contribution in [0.15, 0.2) is 12.7 Å². The third kappa shape index (κ3) is 12.2. The normalized spacial score (nSPS) is 12.8. The van der Waals surface area contributed by atoms with Crippen LogP contribution in [0.5, 0.6) is 0 Å². The van der Waals surface area contributed by atoms with Gasteiger partial charge in [0.05, 0.1) is 0 Å². The molecule has 0 aliphatic carbocycles. The van der Waals surface area contributed by atoms with Crippen molar-refractivity contribution in [1.29, 1.82) is 0 Å². The first-order valence-electron chi connectivity index (χ1n) is 5.52. The van der Waals surface area contributed by atoms with Gasteiger partial charge in [0.25, 0.3) is 0 Å². The number of rotatable bonds is 9. The second-order valence-corrected chi connectivity index (χ2v) is 5.33. The van der Waals surface area contributed by atoms with Gasteiger partial charge in [0.15, 0.2) is 0 Å². The Hall–Kier alpha value is 0.220. The molecule has 0 rings (SSSR count). The minimum absolute atomic E-state index is 0.702. The largest absolute Gasteiger partial charge is 0.103 e. The molecule has 0 aliphatic rings. The molecule has 0 N–H and O–H groups in total. The SMILES string of the molecule is C=CCCCCCCCCC(C)Br. The molecule has 0 aromatic heterocycles. The van der Waals surface area contributed by atoms with Crippen LogP contribution >= 0.6 is 15.9 Å². The van der Waals surface area contributed by atoms with Crippen LogP contribution < -0.4 is 0 Å². The monoisotopic (exact) mass is 246 g/mol. The molecule has 0 aromatic rings. The van der Waals surface area contributed by atoms with Crippen molar-refractivity contribution in [2.75, 3.05) is 0 Å². The zero-order chi connectivity index (χ0) is 9.94. The zero-order valence-corrected chi connectivity index (χ0v) is 10.5. The van der Waals surface area contributed by atoms with E-state index in [0.29, 0.717) is 4.83 Å². The van der Waals surface area contributed by atoms with Gasteiger partial charge in [-0.1, -0.05) is 61.0 Å². The van der Waals surface area contributed by atoms with E-state index in [4.69, 9.17) is 0 Å². The molecule has 0 amide bonds. The number of allylic oxidation sites excluding steroid dienone is 1. The summed E-state index contributed by atoms with van der Waals surface area (Å²) in [6.07, 6.45) is 12.9. The average Bonchev–Trinajstić information content (AvgIpc) is 2.09. The quantitative estimate of drug-likeness (QED) is 0.303. The summed E-state index contributed by atoms with van der Waals surface area (Å²) >= 11 is 3.57. The predicted molar refractivity (Wildman–Crippen MR) is 65.5 cm³/mol. The van der Waals surface area contributed by atoms with Crippen molar-refractivity contribution in [3.05, 3.63) is 12.7 Å². The number of halogens is 1. The molecular formula is C12H23Br. The first-order chi connectivity index (χ1) is 6.27. The number of alkyl halides is 1. The highest BCUT2D eigenvalue weighted by atomic mass is 79.9. The van der Waals surface area contributed by atoms with E-state index < -0.39 is 0 Å². The summed E-state index contributed by atoms with van der Waals surface area (Å²) in [5, 5.41) is 0. The lowest BCUT2D eigenvalue weighted by Crippen LogP contribution is -1.89. The molecule has 0 nitrogen and oxygen atoms in total. The van der Waals surface area contributed by atoms with Crippen LogP contribution in [0.2, 0.25) is 0 Å². The van der Waals surface area contributed by atoms with Gasteiger partial charge in [0.2, 0.25) is 0 Å². The molecule has 0 saturated carbocycles. The summed E-state index contributed by atoms with van der Waals surface area (Å²) in [6.45, 7) is 5.95. The van der Waals surface area contributed by atoms with Crippen molar-refractivity contribution < 1.29 is 0 Å². The molecule has 0 fully saturated rings. The Bertz CT molecular complexity index is 108. The Balaban J connectivity index is 2.87. The molecule has 0 spiro atoms. The van der Waals surface area contributed by atoms with E-state index in [1.54, 1.807) is 0 Å². The average molecular weight is 247 g/mol. The zero-order valence-electron chi connectivity index (χ0n) is 8.90.